The van der Waals surface area contributed by atoms with Crippen LogP contribution in [0.25, 0.3) is 6.08 Å². The molecule has 32 heavy (non-hydrogen) atoms. The van der Waals surface area contributed by atoms with Crippen molar-refractivity contribution in [3.8, 4) is 23.6 Å². The standard InChI is InChI=1S/C24H24IN3O3S/c1-4-14(2)31-22-19(25)10-15(11-20(22)30-3)9-16(12-26)23(29)28-24-18(13-27)17-7-5-6-8-21(17)32-24/h9-11,14H,4-8H2,1-3H3,(H,28,29)/b16-9+/t14-/m0/s1. The fourth-order valence-corrected chi connectivity index (χ4v) is 5.47. The van der Waals surface area contributed by atoms with Crippen molar-refractivity contribution in [1.29, 1.82) is 10.5 Å². The summed E-state index contributed by atoms with van der Waals surface area (Å²) in [6, 6.07) is 7.79. The molecule has 1 aliphatic rings. The maximum atomic E-state index is 12.9. The summed E-state index contributed by atoms with van der Waals surface area (Å²) >= 11 is 3.60. The molecule has 3 rings (SSSR count). The molecular weight excluding hydrogens is 537 g/mol. The van der Waals surface area contributed by atoms with Gasteiger partial charge in [-0.1, -0.05) is 6.92 Å². The Labute approximate surface area is 206 Å². The minimum Gasteiger partial charge on any atom is -0.493 e. The van der Waals surface area contributed by atoms with Gasteiger partial charge < -0.3 is 14.8 Å². The van der Waals surface area contributed by atoms with Crippen molar-refractivity contribution in [3.05, 3.63) is 42.8 Å². The number of thiophene rings is 1. The van der Waals surface area contributed by atoms with Gasteiger partial charge in [-0.15, -0.1) is 11.3 Å². The van der Waals surface area contributed by atoms with E-state index in [1.807, 2.05) is 26.0 Å². The summed E-state index contributed by atoms with van der Waals surface area (Å²) in [4.78, 5) is 14.0. The number of rotatable bonds is 7. The quantitative estimate of drug-likeness (QED) is 0.261. The lowest BCUT2D eigenvalue weighted by Gasteiger charge is -2.17. The number of hydrogen-bond acceptors (Lipinski definition) is 6. The van der Waals surface area contributed by atoms with Gasteiger partial charge in [0.25, 0.3) is 5.91 Å². The highest BCUT2D eigenvalue weighted by Gasteiger charge is 2.23. The number of nitrogens with zero attached hydrogens (tertiary/aromatic N) is 2. The number of benzene rings is 1. The molecule has 0 fully saturated rings. The van der Waals surface area contributed by atoms with E-state index >= 15 is 0 Å². The predicted molar refractivity (Wildman–Crippen MR) is 134 cm³/mol. The highest BCUT2D eigenvalue weighted by atomic mass is 127. The predicted octanol–water partition coefficient (Wildman–Crippen LogP) is 5.83. The van der Waals surface area contributed by atoms with Crippen molar-refractivity contribution >= 4 is 50.9 Å². The smallest absolute Gasteiger partial charge is 0.266 e. The number of amides is 1. The maximum absolute atomic E-state index is 12.9. The Kier molecular flexibility index (Phi) is 8.16. The Morgan fingerprint density at radius 2 is 2.09 bits per heavy atom. The molecule has 1 N–H and O–H groups in total. The number of carbonyl (C=O) groups excluding carboxylic acids is 1. The minimum absolute atomic E-state index is 0.0326. The lowest BCUT2D eigenvalue weighted by molar-refractivity contribution is -0.112. The summed E-state index contributed by atoms with van der Waals surface area (Å²) in [5.74, 6) is 0.653. The second-order valence-corrected chi connectivity index (χ2v) is 9.79. The molecule has 0 saturated heterocycles. The van der Waals surface area contributed by atoms with Gasteiger partial charge in [-0.05, 0) is 91.0 Å². The summed E-state index contributed by atoms with van der Waals surface area (Å²) < 4.78 is 12.3. The zero-order valence-electron chi connectivity index (χ0n) is 18.3. The number of aryl methyl sites for hydroxylation is 1. The van der Waals surface area contributed by atoms with Crippen LogP contribution in [0.15, 0.2) is 17.7 Å². The Balaban J connectivity index is 1.89. The number of carbonyl (C=O) groups is 1. The monoisotopic (exact) mass is 561 g/mol. The Hall–Kier alpha value is -2.56. The number of ether oxygens (including phenoxy) is 2. The molecule has 166 valence electrons. The second kappa shape index (κ2) is 10.8. The first kappa shape index (κ1) is 24.1. The van der Waals surface area contributed by atoms with Gasteiger partial charge in [0.1, 0.15) is 22.7 Å². The average Bonchev–Trinajstić information content (AvgIpc) is 3.15. The van der Waals surface area contributed by atoms with E-state index in [1.165, 1.54) is 17.4 Å². The van der Waals surface area contributed by atoms with Crippen LogP contribution in [0.2, 0.25) is 0 Å². The van der Waals surface area contributed by atoms with Gasteiger partial charge in [-0.2, -0.15) is 10.5 Å². The minimum atomic E-state index is -0.531. The van der Waals surface area contributed by atoms with Crippen molar-refractivity contribution < 1.29 is 14.3 Å². The van der Waals surface area contributed by atoms with Crippen LogP contribution >= 0.6 is 33.9 Å². The van der Waals surface area contributed by atoms with Crippen LogP contribution in [-0.4, -0.2) is 19.1 Å². The van der Waals surface area contributed by atoms with Crippen LogP contribution in [0.1, 0.15) is 54.7 Å². The van der Waals surface area contributed by atoms with Gasteiger partial charge in [-0.3, -0.25) is 4.79 Å². The molecule has 0 saturated carbocycles. The Morgan fingerprint density at radius 1 is 1.34 bits per heavy atom. The normalized spacial score (nSPS) is 14.0. The van der Waals surface area contributed by atoms with E-state index in [0.717, 1.165) is 46.1 Å². The summed E-state index contributed by atoms with van der Waals surface area (Å²) in [5, 5.41) is 22.5. The largest absolute Gasteiger partial charge is 0.493 e. The highest BCUT2D eigenvalue weighted by molar-refractivity contribution is 14.1. The molecule has 0 bridgehead atoms. The van der Waals surface area contributed by atoms with Gasteiger partial charge in [0, 0.05) is 4.88 Å². The first-order chi connectivity index (χ1) is 15.4. The van der Waals surface area contributed by atoms with Crippen LogP contribution in [-0.2, 0) is 17.6 Å². The van der Waals surface area contributed by atoms with E-state index < -0.39 is 5.91 Å². The van der Waals surface area contributed by atoms with Crippen LogP contribution in [0.3, 0.4) is 0 Å². The number of halogens is 1. The third-order valence-corrected chi connectivity index (χ3v) is 7.34. The molecular formula is C24H24IN3O3S. The SMILES string of the molecule is CC[C@H](C)Oc1c(I)cc(/C=C(\C#N)C(=O)Nc2sc3c(c2C#N)CCCC3)cc1OC. The number of nitriles is 2. The van der Waals surface area contributed by atoms with Gasteiger partial charge in [0.05, 0.1) is 22.3 Å². The fraction of sp³-hybridized carbons (Fsp3) is 0.375. The fourth-order valence-electron chi connectivity index (χ4n) is 3.48. The summed E-state index contributed by atoms with van der Waals surface area (Å²) in [7, 11) is 1.56. The van der Waals surface area contributed by atoms with Crippen molar-refractivity contribution in [2.75, 3.05) is 12.4 Å². The number of methoxy groups -OCH3 is 1. The third kappa shape index (κ3) is 5.25. The van der Waals surface area contributed by atoms with Crippen LogP contribution in [0.4, 0.5) is 5.00 Å². The molecule has 1 aliphatic carbocycles. The molecule has 0 aliphatic heterocycles. The summed E-state index contributed by atoms with van der Waals surface area (Å²) in [6.07, 6.45) is 6.33. The molecule has 1 heterocycles. The van der Waals surface area contributed by atoms with E-state index in [1.54, 1.807) is 13.2 Å². The molecule has 6 nitrogen and oxygen atoms in total. The molecule has 2 aromatic rings. The van der Waals surface area contributed by atoms with Gasteiger partial charge in [0.15, 0.2) is 11.5 Å². The second-order valence-electron chi connectivity index (χ2n) is 7.52. The number of hydrogen-bond donors (Lipinski definition) is 1. The maximum Gasteiger partial charge on any atom is 0.266 e. The van der Waals surface area contributed by atoms with E-state index in [0.29, 0.717) is 27.6 Å². The first-order valence-corrected chi connectivity index (χ1v) is 12.3. The third-order valence-electron chi connectivity index (χ3n) is 5.33. The van der Waals surface area contributed by atoms with Crippen molar-refractivity contribution in [2.24, 2.45) is 0 Å². The lowest BCUT2D eigenvalue weighted by Crippen LogP contribution is -2.13. The average molecular weight is 561 g/mol. The van der Waals surface area contributed by atoms with Crippen molar-refractivity contribution in [3.63, 3.8) is 0 Å². The molecule has 1 aromatic heterocycles. The summed E-state index contributed by atoms with van der Waals surface area (Å²) in [6.45, 7) is 4.03. The lowest BCUT2D eigenvalue weighted by atomic mass is 9.96. The van der Waals surface area contributed by atoms with Crippen molar-refractivity contribution in [1.82, 2.24) is 0 Å². The molecule has 0 radical (unpaired) electrons. The van der Waals surface area contributed by atoms with Gasteiger partial charge >= 0.3 is 0 Å². The number of fused-ring (bicyclic) bond motifs is 1. The zero-order chi connectivity index (χ0) is 23.3. The molecule has 1 amide bonds. The number of anilines is 1. The van der Waals surface area contributed by atoms with Crippen LogP contribution < -0.4 is 14.8 Å². The molecule has 1 aromatic carbocycles. The first-order valence-electron chi connectivity index (χ1n) is 10.4. The molecule has 8 heteroatoms. The van der Waals surface area contributed by atoms with Crippen LogP contribution in [0.5, 0.6) is 11.5 Å². The molecule has 0 unspecified atom stereocenters. The van der Waals surface area contributed by atoms with E-state index in [-0.39, 0.29) is 11.7 Å². The molecule has 1 atom stereocenters. The van der Waals surface area contributed by atoms with E-state index in [9.17, 15) is 15.3 Å². The number of nitrogens with one attached hydrogen (secondary N) is 1. The Bertz CT molecular complexity index is 1140. The Morgan fingerprint density at radius 3 is 2.75 bits per heavy atom. The van der Waals surface area contributed by atoms with E-state index in [4.69, 9.17) is 9.47 Å². The topological polar surface area (TPSA) is 95.1 Å². The van der Waals surface area contributed by atoms with Crippen molar-refractivity contribution in [2.45, 2.75) is 52.1 Å². The van der Waals surface area contributed by atoms with Gasteiger partial charge in [0.2, 0.25) is 0 Å². The van der Waals surface area contributed by atoms with Crippen LogP contribution in [0, 0.1) is 26.2 Å². The highest BCUT2D eigenvalue weighted by Crippen LogP contribution is 2.38. The molecule has 0 spiro atoms. The zero-order valence-corrected chi connectivity index (χ0v) is 21.2. The van der Waals surface area contributed by atoms with Gasteiger partial charge in [-0.25, -0.2) is 0 Å². The van der Waals surface area contributed by atoms with E-state index in [2.05, 4.69) is 34.0 Å². The summed E-state index contributed by atoms with van der Waals surface area (Å²) in [5.41, 5.74) is 2.17.